The first kappa shape index (κ1) is 32.9. The molecule has 0 N–H and O–H groups in total. The van der Waals surface area contributed by atoms with Crippen LogP contribution in [0, 0.1) is 5.82 Å². The lowest BCUT2D eigenvalue weighted by Gasteiger charge is -2.42. The molecule has 1 heterocycles. The van der Waals surface area contributed by atoms with Crippen molar-refractivity contribution in [3.8, 4) is 0 Å². The Balaban J connectivity index is 2.64. The highest BCUT2D eigenvalue weighted by molar-refractivity contribution is 9.09. The molecule has 1 aliphatic heterocycles. The number of oxime groups is 1. The largest absolute Gasteiger partial charge is 0.461 e. The zero-order chi connectivity index (χ0) is 28.8. The van der Waals surface area contributed by atoms with E-state index in [2.05, 4.69) is 55.0 Å². The molecule has 38 heavy (non-hydrogen) atoms. The summed E-state index contributed by atoms with van der Waals surface area (Å²) in [6, 6.07) is 5.35. The van der Waals surface area contributed by atoms with Crippen molar-refractivity contribution >= 4 is 43.6 Å². The molecule has 0 spiro atoms. The van der Waals surface area contributed by atoms with Gasteiger partial charge in [0.05, 0.1) is 25.9 Å². The standard InChI is InChI=1S/C25H41BrFN2O7PSi/c1-9-32-23(30)25(19-12-14-20(27)15-13-19)29(17-21(16-26)35-38(7,8)24(4,5)6)22(28-36-25)18-37(31,33-10-2)34-11-3/h12-15,21H,9-11,16-18H2,1-8H3/t21-,25+/m0/s1. The molecule has 0 unspecified atom stereocenters. The SMILES string of the molecule is CCOC(=O)[C@@]1(c2ccc(F)cc2)ON=C(CP(=O)(OCC)OCC)N1C[C@H](CBr)O[Si](C)(C)C(C)(C)C. The molecule has 0 amide bonds. The molecule has 0 saturated heterocycles. The number of alkyl halides is 1. The van der Waals surface area contributed by atoms with Gasteiger partial charge in [-0.05, 0) is 63.2 Å². The number of amidine groups is 1. The van der Waals surface area contributed by atoms with Crippen molar-refractivity contribution in [3.05, 3.63) is 35.6 Å². The van der Waals surface area contributed by atoms with E-state index in [0.29, 0.717) is 10.9 Å². The van der Waals surface area contributed by atoms with Crippen LogP contribution in [-0.4, -0.2) is 69.0 Å². The van der Waals surface area contributed by atoms with Crippen molar-refractivity contribution < 1.29 is 36.8 Å². The molecule has 0 bridgehead atoms. The molecule has 2 rings (SSSR count). The summed E-state index contributed by atoms with van der Waals surface area (Å²) in [5, 5.41) is 4.59. The number of benzene rings is 1. The molecule has 0 aliphatic carbocycles. The third-order valence-electron chi connectivity index (χ3n) is 6.57. The second-order valence-electron chi connectivity index (χ2n) is 10.3. The number of esters is 1. The van der Waals surface area contributed by atoms with Crippen LogP contribution in [0.15, 0.2) is 29.4 Å². The molecule has 1 aliphatic rings. The first-order valence-corrected chi connectivity index (χ1v) is 18.5. The Morgan fingerprint density at radius 2 is 1.74 bits per heavy atom. The van der Waals surface area contributed by atoms with Crippen molar-refractivity contribution in [2.24, 2.45) is 5.16 Å². The number of rotatable bonds is 14. The Morgan fingerprint density at radius 3 is 2.21 bits per heavy atom. The number of hydrogen-bond donors (Lipinski definition) is 0. The van der Waals surface area contributed by atoms with Gasteiger partial charge in [-0.3, -0.25) is 4.57 Å². The van der Waals surface area contributed by atoms with Gasteiger partial charge in [-0.2, -0.15) is 0 Å². The first-order valence-electron chi connectivity index (χ1n) is 12.8. The lowest BCUT2D eigenvalue weighted by atomic mass is 10.00. The van der Waals surface area contributed by atoms with Crippen LogP contribution in [0.2, 0.25) is 18.1 Å². The number of carbonyl (C=O) groups is 1. The smallest absolute Gasteiger partial charge is 0.380 e. The summed E-state index contributed by atoms with van der Waals surface area (Å²) in [6.07, 6.45) is -0.651. The molecule has 0 aromatic heterocycles. The summed E-state index contributed by atoms with van der Waals surface area (Å²) < 4.78 is 50.5. The molecule has 0 saturated carbocycles. The third-order valence-corrected chi connectivity index (χ3v) is 13.8. The highest BCUT2D eigenvalue weighted by Gasteiger charge is 2.57. The van der Waals surface area contributed by atoms with Crippen LogP contribution >= 0.6 is 23.5 Å². The maximum absolute atomic E-state index is 13.9. The van der Waals surface area contributed by atoms with Crippen LogP contribution in [0.4, 0.5) is 4.39 Å². The fraction of sp³-hybridized carbons (Fsp3) is 0.680. The summed E-state index contributed by atoms with van der Waals surface area (Å²) in [5.74, 6) is -1.04. The van der Waals surface area contributed by atoms with E-state index in [1.165, 1.54) is 24.3 Å². The Kier molecular flexibility index (Phi) is 11.6. The van der Waals surface area contributed by atoms with Crippen LogP contribution in [0.5, 0.6) is 0 Å². The van der Waals surface area contributed by atoms with Crippen molar-refractivity contribution in [2.75, 3.05) is 37.9 Å². The van der Waals surface area contributed by atoms with Crippen molar-refractivity contribution in [1.82, 2.24) is 4.90 Å². The molecule has 1 aromatic carbocycles. The van der Waals surface area contributed by atoms with Crippen molar-refractivity contribution in [3.63, 3.8) is 0 Å². The van der Waals surface area contributed by atoms with E-state index in [1.54, 1.807) is 25.7 Å². The quantitative estimate of drug-likeness (QED) is 0.102. The average molecular weight is 640 g/mol. The minimum absolute atomic E-state index is 0.0688. The summed E-state index contributed by atoms with van der Waals surface area (Å²) >= 11 is 3.56. The second-order valence-corrected chi connectivity index (χ2v) is 17.8. The second kappa shape index (κ2) is 13.4. The minimum Gasteiger partial charge on any atom is -0.461 e. The summed E-state index contributed by atoms with van der Waals surface area (Å²) in [6.45, 7) is 16.3. The highest BCUT2D eigenvalue weighted by Crippen LogP contribution is 2.50. The molecule has 0 radical (unpaired) electrons. The van der Waals surface area contributed by atoms with E-state index in [-0.39, 0.29) is 43.4 Å². The topological polar surface area (TPSA) is 95.9 Å². The fourth-order valence-corrected chi connectivity index (χ4v) is 7.28. The maximum atomic E-state index is 13.9. The Labute approximate surface area is 235 Å². The lowest BCUT2D eigenvalue weighted by molar-refractivity contribution is -0.190. The number of nitrogens with zero attached hydrogens (tertiary/aromatic N) is 2. The van der Waals surface area contributed by atoms with Gasteiger partial charge in [0.1, 0.15) is 12.0 Å². The molecule has 1 aromatic rings. The predicted molar refractivity (Wildman–Crippen MR) is 152 cm³/mol. The lowest BCUT2D eigenvalue weighted by Crippen LogP contribution is -2.57. The molecular weight excluding hydrogens is 598 g/mol. The Morgan fingerprint density at radius 1 is 1.16 bits per heavy atom. The Bertz CT molecular complexity index is 1010. The van der Waals surface area contributed by atoms with Crippen LogP contribution in [-0.2, 0) is 38.1 Å². The van der Waals surface area contributed by atoms with Gasteiger partial charge < -0.3 is 27.9 Å². The van der Waals surface area contributed by atoms with Gasteiger partial charge in [-0.15, -0.1) is 0 Å². The first-order chi connectivity index (χ1) is 17.7. The summed E-state index contributed by atoms with van der Waals surface area (Å²) in [7, 11) is -5.87. The van der Waals surface area contributed by atoms with Gasteiger partial charge in [0.25, 0.3) is 0 Å². The molecule has 13 heteroatoms. The zero-order valence-corrected chi connectivity index (χ0v) is 27.1. The molecular formula is C25H41BrFN2O7PSi. The van der Waals surface area contributed by atoms with Crippen LogP contribution in [0.3, 0.4) is 0 Å². The van der Waals surface area contributed by atoms with Crippen molar-refractivity contribution in [2.45, 2.75) is 71.5 Å². The summed E-state index contributed by atoms with van der Waals surface area (Å²) in [4.78, 5) is 21.1. The highest BCUT2D eigenvalue weighted by atomic mass is 79.9. The minimum atomic E-state index is -3.64. The molecule has 9 nitrogen and oxygen atoms in total. The predicted octanol–water partition coefficient (Wildman–Crippen LogP) is 6.24. The number of ether oxygens (including phenoxy) is 1. The number of carbonyl (C=O) groups excluding carboxylic acids is 1. The van der Waals surface area contributed by atoms with Gasteiger partial charge >= 0.3 is 19.3 Å². The maximum Gasteiger partial charge on any atom is 0.380 e. The van der Waals surface area contributed by atoms with Crippen LogP contribution in [0.1, 0.15) is 47.1 Å². The van der Waals surface area contributed by atoms with E-state index in [0.717, 1.165) is 0 Å². The third kappa shape index (κ3) is 7.45. The molecule has 2 atom stereocenters. The van der Waals surface area contributed by atoms with Gasteiger partial charge in [-0.25, -0.2) is 9.18 Å². The monoisotopic (exact) mass is 638 g/mol. The van der Waals surface area contributed by atoms with Gasteiger partial charge in [0, 0.05) is 17.4 Å². The summed E-state index contributed by atoms with van der Waals surface area (Å²) in [5.41, 5.74) is -1.58. The van der Waals surface area contributed by atoms with E-state index in [1.807, 2.05) is 0 Å². The van der Waals surface area contributed by atoms with E-state index < -0.39 is 39.5 Å². The fourth-order valence-electron chi connectivity index (χ4n) is 3.74. The van der Waals surface area contributed by atoms with Crippen molar-refractivity contribution in [1.29, 1.82) is 0 Å². The van der Waals surface area contributed by atoms with E-state index in [9.17, 15) is 13.8 Å². The van der Waals surface area contributed by atoms with E-state index in [4.69, 9.17) is 23.0 Å². The van der Waals surface area contributed by atoms with Gasteiger partial charge in [0.2, 0.25) is 0 Å². The number of halogens is 2. The Hall–Kier alpha value is -1.30. The van der Waals surface area contributed by atoms with Gasteiger partial charge in [0.15, 0.2) is 14.2 Å². The number of hydrogen-bond acceptors (Lipinski definition) is 9. The van der Waals surface area contributed by atoms with E-state index >= 15 is 0 Å². The van der Waals surface area contributed by atoms with Crippen LogP contribution < -0.4 is 0 Å². The van der Waals surface area contributed by atoms with Gasteiger partial charge in [-0.1, -0.05) is 41.9 Å². The molecule has 0 fully saturated rings. The zero-order valence-electron chi connectivity index (χ0n) is 23.6. The molecule has 216 valence electrons. The normalized spacial score (nSPS) is 19.2. The van der Waals surface area contributed by atoms with Crippen LogP contribution in [0.25, 0.3) is 0 Å². The average Bonchev–Trinajstić information content (AvgIpc) is 3.16.